The molecule has 0 radical (unpaired) electrons. The standard InChI is InChI=1S/C23H24FNO7/c24-16-3-1-14(2-4-16)18-7-8-25(19(23(28)29)10-22(26)27)11-15(18)12-30-17-5-6-20-21(9-17)32-13-31-20/h1-6,9,15,18-19H,7-8,10-13H2,(H,26,27)(H,28,29)/t15-,18-,19?/m0/s1. The molecule has 9 heteroatoms. The average molecular weight is 445 g/mol. The summed E-state index contributed by atoms with van der Waals surface area (Å²) in [5.74, 6) is -0.945. The Kier molecular flexibility index (Phi) is 6.45. The number of carboxylic acid groups (broad SMARTS) is 2. The van der Waals surface area contributed by atoms with Crippen LogP contribution in [0.3, 0.4) is 0 Å². The lowest BCUT2D eigenvalue weighted by molar-refractivity contribution is -0.150. The fourth-order valence-corrected chi connectivity index (χ4v) is 4.37. The molecule has 2 N–H and O–H groups in total. The summed E-state index contributed by atoms with van der Waals surface area (Å²) in [5, 5.41) is 18.7. The Morgan fingerprint density at radius 1 is 1.12 bits per heavy atom. The molecule has 170 valence electrons. The van der Waals surface area contributed by atoms with Crippen LogP contribution in [-0.4, -0.2) is 59.6 Å². The highest BCUT2D eigenvalue weighted by atomic mass is 19.1. The summed E-state index contributed by atoms with van der Waals surface area (Å²) >= 11 is 0. The van der Waals surface area contributed by atoms with Crippen molar-refractivity contribution in [1.82, 2.24) is 4.90 Å². The molecule has 1 saturated heterocycles. The SMILES string of the molecule is O=C(O)CC(C(=O)O)N1CC[C@@H](c2ccc(F)cc2)[C@H](COc2ccc3c(c2)OCO3)C1. The van der Waals surface area contributed by atoms with Crippen molar-refractivity contribution in [2.75, 3.05) is 26.5 Å². The molecule has 0 aliphatic carbocycles. The van der Waals surface area contributed by atoms with Gasteiger partial charge in [0.2, 0.25) is 6.79 Å². The number of aliphatic carboxylic acids is 2. The van der Waals surface area contributed by atoms with Gasteiger partial charge < -0.3 is 24.4 Å². The molecule has 0 spiro atoms. The molecule has 0 bridgehead atoms. The Bertz CT molecular complexity index is 981. The molecule has 3 atom stereocenters. The van der Waals surface area contributed by atoms with Crippen molar-refractivity contribution in [2.45, 2.75) is 24.8 Å². The molecule has 1 fully saturated rings. The number of hydrogen-bond donors (Lipinski definition) is 2. The van der Waals surface area contributed by atoms with E-state index < -0.39 is 24.4 Å². The van der Waals surface area contributed by atoms with E-state index >= 15 is 0 Å². The van der Waals surface area contributed by atoms with Crippen molar-refractivity contribution in [3.8, 4) is 17.2 Å². The fourth-order valence-electron chi connectivity index (χ4n) is 4.37. The van der Waals surface area contributed by atoms with Crippen LogP contribution in [0.1, 0.15) is 24.3 Å². The Balaban J connectivity index is 1.52. The van der Waals surface area contributed by atoms with E-state index in [-0.39, 0.29) is 31.1 Å². The number of benzene rings is 2. The molecule has 2 aliphatic rings. The van der Waals surface area contributed by atoms with Gasteiger partial charge in [0.25, 0.3) is 0 Å². The number of rotatable bonds is 8. The number of piperidine rings is 1. The van der Waals surface area contributed by atoms with Crippen molar-refractivity contribution in [2.24, 2.45) is 5.92 Å². The zero-order chi connectivity index (χ0) is 22.7. The predicted octanol–water partition coefficient (Wildman–Crippen LogP) is 2.97. The van der Waals surface area contributed by atoms with Gasteiger partial charge in [-0.05, 0) is 48.7 Å². The summed E-state index contributed by atoms with van der Waals surface area (Å²) in [6.45, 7) is 1.20. The second-order valence-electron chi connectivity index (χ2n) is 7.98. The van der Waals surface area contributed by atoms with Gasteiger partial charge in [-0.25, -0.2) is 4.39 Å². The lowest BCUT2D eigenvalue weighted by Gasteiger charge is -2.40. The number of nitrogens with zero attached hydrogens (tertiary/aromatic N) is 1. The topological polar surface area (TPSA) is 106 Å². The van der Waals surface area contributed by atoms with Crippen molar-refractivity contribution in [1.29, 1.82) is 0 Å². The molecule has 2 aromatic rings. The Hall–Kier alpha value is -3.33. The summed E-state index contributed by atoms with van der Waals surface area (Å²) in [4.78, 5) is 24.6. The molecule has 0 saturated carbocycles. The third-order valence-electron chi connectivity index (χ3n) is 5.97. The molecule has 0 amide bonds. The maximum absolute atomic E-state index is 13.4. The smallest absolute Gasteiger partial charge is 0.321 e. The minimum atomic E-state index is -1.16. The number of halogens is 1. The van der Waals surface area contributed by atoms with Crippen LogP contribution in [0.2, 0.25) is 0 Å². The molecule has 0 aromatic heterocycles. The van der Waals surface area contributed by atoms with E-state index in [4.69, 9.17) is 19.3 Å². The van der Waals surface area contributed by atoms with Crippen LogP contribution >= 0.6 is 0 Å². The first kappa shape index (κ1) is 21.9. The zero-order valence-electron chi connectivity index (χ0n) is 17.3. The van der Waals surface area contributed by atoms with Crippen molar-refractivity contribution >= 4 is 11.9 Å². The number of likely N-dealkylation sites (tertiary alicyclic amines) is 1. The minimum absolute atomic E-state index is 0.0140. The van der Waals surface area contributed by atoms with Gasteiger partial charge in [0, 0.05) is 18.5 Å². The lowest BCUT2D eigenvalue weighted by atomic mass is 9.80. The number of fused-ring (bicyclic) bond motifs is 1. The second-order valence-corrected chi connectivity index (χ2v) is 7.98. The van der Waals surface area contributed by atoms with Crippen LogP contribution in [0.15, 0.2) is 42.5 Å². The van der Waals surface area contributed by atoms with Gasteiger partial charge in [-0.3, -0.25) is 14.5 Å². The number of hydrogen-bond acceptors (Lipinski definition) is 6. The Morgan fingerprint density at radius 2 is 1.88 bits per heavy atom. The van der Waals surface area contributed by atoms with Crippen LogP contribution in [0, 0.1) is 11.7 Å². The monoisotopic (exact) mass is 445 g/mol. The van der Waals surface area contributed by atoms with E-state index in [0.717, 1.165) is 5.56 Å². The molecule has 1 unspecified atom stereocenters. The average Bonchev–Trinajstić information content (AvgIpc) is 3.24. The summed E-state index contributed by atoms with van der Waals surface area (Å²) in [5.41, 5.74) is 0.940. The number of carboxylic acids is 2. The van der Waals surface area contributed by atoms with Gasteiger partial charge in [0.1, 0.15) is 17.6 Å². The lowest BCUT2D eigenvalue weighted by Crippen LogP contribution is -2.50. The molecule has 2 aliphatic heterocycles. The highest BCUT2D eigenvalue weighted by molar-refractivity contribution is 5.80. The fraction of sp³-hybridized carbons (Fsp3) is 0.391. The van der Waals surface area contributed by atoms with Gasteiger partial charge in [-0.15, -0.1) is 0 Å². The van der Waals surface area contributed by atoms with Gasteiger partial charge >= 0.3 is 11.9 Å². The molecule has 32 heavy (non-hydrogen) atoms. The third kappa shape index (κ3) is 4.94. The molecular weight excluding hydrogens is 421 g/mol. The van der Waals surface area contributed by atoms with Gasteiger partial charge in [-0.1, -0.05) is 12.1 Å². The summed E-state index contributed by atoms with van der Waals surface area (Å²) < 4.78 is 30.1. The highest BCUT2D eigenvalue weighted by Gasteiger charge is 2.37. The molecular formula is C23H24FNO7. The molecule has 2 heterocycles. The molecule has 8 nitrogen and oxygen atoms in total. The summed E-state index contributed by atoms with van der Waals surface area (Å²) in [7, 11) is 0. The highest BCUT2D eigenvalue weighted by Crippen LogP contribution is 2.37. The first-order valence-electron chi connectivity index (χ1n) is 10.4. The maximum atomic E-state index is 13.4. The van der Waals surface area contributed by atoms with E-state index in [1.165, 1.54) is 12.1 Å². The van der Waals surface area contributed by atoms with Gasteiger partial charge in [-0.2, -0.15) is 0 Å². The zero-order valence-corrected chi connectivity index (χ0v) is 17.3. The predicted molar refractivity (Wildman–Crippen MR) is 111 cm³/mol. The first-order valence-corrected chi connectivity index (χ1v) is 10.4. The Morgan fingerprint density at radius 3 is 2.59 bits per heavy atom. The quantitative estimate of drug-likeness (QED) is 0.639. The maximum Gasteiger partial charge on any atom is 0.321 e. The van der Waals surface area contributed by atoms with E-state index in [0.29, 0.717) is 36.8 Å². The normalized spacial score (nSPS) is 21.2. The number of carbonyl (C=O) groups is 2. The van der Waals surface area contributed by atoms with Crippen LogP contribution in [0.25, 0.3) is 0 Å². The van der Waals surface area contributed by atoms with Crippen molar-refractivity contribution in [3.05, 3.63) is 53.8 Å². The van der Waals surface area contributed by atoms with Crippen molar-refractivity contribution in [3.63, 3.8) is 0 Å². The van der Waals surface area contributed by atoms with Gasteiger partial charge in [0.15, 0.2) is 11.5 Å². The van der Waals surface area contributed by atoms with E-state index in [2.05, 4.69) is 0 Å². The van der Waals surface area contributed by atoms with Crippen LogP contribution in [-0.2, 0) is 9.59 Å². The molecule has 4 rings (SSSR count). The van der Waals surface area contributed by atoms with E-state index in [1.807, 2.05) is 0 Å². The third-order valence-corrected chi connectivity index (χ3v) is 5.97. The first-order chi connectivity index (χ1) is 15.4. The van der Waals surface area contributed by atoms with Crippen LogP contribution in [0.5, 0.6) is 17.2 Å². The van der Waals surface area contributed by atoms with Crippen molar-refractivity contribution < 1.29 is 38.4 Å². The summed E-state index contributed by atoms with van der Waals surface area (Å²) in [6.07, 6.45) is 0.122. The minimum Gasteiger partial charge on any atom is -0.493 e. The summed E-state index contributed by atoms with van der Waals surface area (Å²) in [6, 6.07) is 10.4. The largest absolute Gasteiger partial charge is 0.493 e. The van der Waals surface area contributed by atoms with E-state index in [1.54, 1.807) is 35.2 Å². The Labute approximate surface area is 184 Å². The van der Waals surface area contributed by atoms with Crippen LogP contribution < -0.4 is 14.2 Å². The second kappa shape index (κ2) is 9.44. The van der Waals surface area contributed by atoms with E-state index in [9.17, 15) is 19.1 Å². The van der Waals surface area contributed by atoms with Crippen LogP contribution in [0.4, 0.5) is 4.39 Å². The molecule has 2 aromatic carbocycles. The number of ether oxygens (including phenoxy) is 3. The van der Waals surface area contributed by atoms with Gasteiger partial charge in [0.05, 0.1) is 13.0 Å².